The maximum Gasteiger partial charge on any atom is 0.181 e. The summed E-state index contributed by atoms with van der Waals surface area (Å²) in [7, 11) is 0. The van der Waals surface area contributed by atoms with Gasteiger partial charge in [-0.15, -0.1) is 10.2 Å². The fraction of sp³-hybridized carbons (Fsp3) is 0.583. The van der Waals surface area contributed by atoms with Crippen LogP contribution in [-0.2, 0) is 17.6 Å². The van der Waals surface area contributed by atoms with Crippen molar-refractivity contribution in [3.05, 3.63) is 23.3 Å². The molecular formula is C12H17N5O2. The Labute approximate surface area is 110 Å². The van der Waals surface area contributed by atoms with Gasteiger partial charge in [-0.05, 0) is 5.92 Å². The number of Topliss-reactive ketones (excluding diaryl/α,β-unsaturated/α-hetero) is 1. The quantitative estimate of drug-likeness (QED) is 0.843. The molecule has 2 aromatic heterocycles. The summed E-state index contributed by atoms with van der Waals surface area (Å²) >= 11 is 0. The molecular weight excluding hydrogens is 246 g/mol. The summed E-state index contributed by atoms with van der Waals surface area (Å²) in [6.07, 6.45) is 0.721. The lowest BCUT2D eigenvalue weighted by Crippen LogP contribution is -2.16. The number of aromatic amines is 1. The third kappa shape index (κ3) is 3.46. The summed E-state index contributed by atoms with van der Waals surface area (Å²) in [5.74, 6) is 1.37. The number of tetrazole rings is 1. The van der Waals surface area contributed by atoms with Crippen LogP contribution < -0.4 is 0 Å². The van der Waals surface area contributed by atoms with E-state index in [1.54, 1.807) is 0 Å². The lowest BCUT2D eigenvalue weighted by molar-refractivity contribution is -0.121. The second-order valence-corrected chi connectivity index (χ2v) is 4.95. The van der Waals surface area contributed by atoms with Crippen LogP contribution in [0, 0.1) is 5.92 Å². The van der Waals surface area contributed by atoms with E-state index in [9.17, 15) is 4.79 Å². The van der Waals surface area contributed by atoms with Crippen molar-refractivity contribution in [1.82, 2.24) is 25.8 Å². The van der Waals surface area contributed by atoms with Crippen molar-refractivity contribution in [1.29, 1.82) is 0 Å². The van der Waals surface area contributed by atoms with Crippen LogP contribution in [0.1, 0.15) is 44.0 Å². The molecule has 0 aromatic carbocycles. The Kier molecular flexibility index (Phi) is 4.03. The number of ketones is 1. The predicted molar refractivity (Wildman–Crippen MR) is 66.3 cm³/mol. The van der Waals surface area contributed by atoms with Crippen LogP contribution in [0.2, 0.25) is 0 Å². The molecule has 19 heavy (non-hydrogen) atoms. The monoisotopic (exact) mass is 263 g/mol. The standard InChI is InChI=1S/C12H17N5O2/c1-7(2)10-5-9(19-15-10)4-8(3)11(18)6-12-13-16-17-14-12/h5,7-8H,4,6H2,1-3H3,(H,13,14,16,17). The summed E-state index contributed by atoms with van der Waals surface area (Å²) in [4.78, 5) is 12.0. The minimum absolute atomic E-state index is 0.0592. The Morgan fingerprint density at radius 2 is 2.21 bits per heavy atom. The summed E-state index contributed by atoms with van der Waals surface area (Å²) in [5.41, 5.74) is 0.910. The molecule has 0 aliphatic rings. The van der Waals surface area contributed by atoms with Crippen molar-refractivity contribution in [2.75, 3.05) is 0 Å². The van der Waals surface area contributed by atoms with Crippen LogP contribution in [0.25, 0.3) is 0 Å². The molecule has 0 saturated carbocycles. The van der Waals surface area contributed by atoms with Gasteiger partial charge in [0.05, 0.1) is 12.1 Å². The van der Waals surface area contributed by atoms with Gasteiger partial charge in [0.15, 0.2) is 5.82 Å². The molecule has 0 aliphatic heterocycles. The summed E-state index contributed by atoms with van der Waals surface area (Å²) in [6.45, 7) is 5.96. The predicted octanol–water partition coefficient (Wildman–Crippen LogP) is 1.30. The topological polar surface area (TPSA) is 97.6 Å². The molecule has 0 amide bonds. The molecule has 0 saturated heterocycles. The highest BCUT2D eigenvalue weighted by Gasteiger charge is 2.18. The zero-order chi connectivity index (χ0) is 13.8. The Morgan fingerprint density at radius 3 is 2.79 bits per heavy atom. The average molecular weight is 263 g/mol. The zero-order valence-electron chi connectivity index (χ0n) is 11.3. The lowest BCUT2D eigenvalue weighted by Gasteiger charge is -2.05. The highest BCUT2D eigenvalue weighted by Crippen LogP contribution is 2.17. The fourth-order valence-corrected chi connectivity index (χ4v) is 1.70. The molecule has 1 atom stereocenters. The van der Waals surface area contributed by atoms with Gasteiger partial charge in [0.25, 0.3) is 0 Å². The van der Waals surface area contributed by atoms with Crippen LogP contribution in [0.15, 0.2) is 10.6 Å². The lowest BCUT2D eigenvalue weighted by atomic mass is 9.98. The molecule has 0 spiro atoms. The van der Waals surface area contributed by atoms with Crippen LogP contribution in [-0.4, -0.2) is 31.6 Å². The van der Waals surface area contributed by atoms with E-state index in [0.717, 1.165) is 11.5 Å². The maximum absolute atomic E-state index is 12.0. The van der Waals surface area contributed by atoms with E-state index in [4.69, 9.17) is 4.52 Å². The van der Waals surface area contributed by atoms with Crippen molar-refractivity contribution >= 4 is 5.78 Å². The molecule has 0 radical (unpaired) electrons. The van der Waals surface area contributed by atoms with Gasteiger partial charge in [-0.3, -0.25) is 4.79 Å². The molecule has 0 bridgehead atoms. The first-order chi connectivity index (χ1) is 9.06. The number of hydrogen-bond donors (Lipinski definition) is 1. The first kappa shape index (κ1) is 13.4. The zero-order valence-corrected chi connectivity index (χ0v) is 11.3. The second kappa shape index (κ2) is 5.73. The molecule has 102 valence electrons. The van der Waals surface area contributed by atoms with Crippen LogP contribution in [0.4, 0.5) is 0 Å². The van der Waals surface area contributed by atoms with E-state index in [0.29, 0.717) is 18.2 Å². The molecule has 1 unspecified atom stereocenters. The van der Waals surface area contributed by atoms with Gasteiger partial charge >= 0.3 is 0 Å². The van der Waals surface area contributed by atoms with Crippen LogP contribution >= 0.6 is 0 Å². The number of carbonyl (C=O) groups excluding carboxylic acids is 1. The Hall–Kier alpha value is -2.05. The number of hydrogen-bond acceptors (Lipinski definition) is 6. The highest BCUT2D eigenvalue weighted by atomic mass is 16.5. The number of aromatic nitrogens is 5. The Balaban J connectivity index is 1.92. The largest absolute Gasteiger partial charge is 0.361 e. The number of H-pyrrole nitrogens is 1. The van der Waals surface area contributed by atoms with Crippen LogP contribution in [0.3, 0.4) is 0 Å². The van der Waals surface area contributed by atoms with E-state index in [1.165, 1.54) is 0 Å². The van der Waals surface area contributed by atoms with Gasteiger partial charge < -0.3 is 4.52 Å². The minimum Gasteiger partial charge on any atom is -0.361 e. The molecule has 2 rings (SSSR count). The van der Waals surface area contributed by atoms with Crippen LogP contribution in [0.5, 0.6) is 0 Å². The van der Waals surface area contributed by atoms with E-state index in [2.05, 4.69) is 25.8 Å². The molecule has 7 nitrogen and oxygen atoms in total. The SMILES string of the molecule is CC(Cc1cc(C(C)C)no1)C(=O)Cc1nn[nH]n1. The Morgan fingerprint density at radius 1 is 1.42 bits per heavy atom. The molecule has 0 aliphatic carbocycles. The van der Waals surface area contributed by atoms with E-state index >= 15 is 0 Å². The molecule has 0 fully saturated rings. The minimum atomic E-state index is -0.161. The summed E-state index contributed by atoms with van der Waals surface area (Å²) < 4.78 is 5.23. The smallest absolute Gasteiger partial charge is 0.181 e. The van der Waals surface area contributed by atoms with Crippen molar-refractivity contribution < 1.29 is 9.32 Å². The number of nitrogens with zero attached hydrogens (tertiary/aromatic N) is 4. The molecule has 7 heteroatoms. The first-order valence-electron chi connectivity index (χ1n) is 6.26. The Bertz CT molecular complexity index is 532. The van der Waals surface area contributed by atoms with E-state index in [1.807, 2.05) is 26.8 Å². The van der Waals surface area contributed by atoms with E-state index in [-0.39, 0.29) is 18.1 Å². The van der Waals surface area contributed by atoms with E-state index < -0.39 is 0 Å². The first-order valence-corrected chi connectivity index (χ1v) is 6.26. The molecule has 2 aromatic rings. The van der Waals surface area contributed by atoms with Crippen molar-refractivity contribution in [2.24, 2.45) is 5.92 Å². The second-order valence-electron chi connectivity index (χ2n) is 4.95. The highest BCUT2D eigenvalue weighted by molar-refractivity contribution is 5.82. The maximum atomic E-state index is 12.0. The fourth-order valence-electron chi connectivity index (χ4n) is 1.70. The van der Waals surface area contributed by atoms with Gasteiger partial charge in [0.2, 0.25) is 0 Å². The molecule has 1 N–H and O–H groups in total. The molecule has 2 heterocycles. The normalized spacial score (nSPS) is 12.8. The van der Waals surface area contributed by atoms with Crippen molar-refractivity contribution in [2.45, 2.75) is 39.5 Å². The average Bonchev–Trinajstić information content (AvgIpc) is 2.99. The van der Waals surface area contributed by atoms with Crippen molar-refractivity contribution in [3.8, 4) is 0 Å². The van der Waals surface area contributed by atoms with Gasteiger partial charge in [-0.1, -0.05) is 31.1 Å². The van der Waals surface area contributed by atoms with Gasteiger partial charge in [-0.25, -0.2) is 0 Å². The number of rotatable bonds is 6. The van der Waals surface area contributed by atoms with Gasteiger partial charge in [0.1, 0.15) is 11.5 Å². The summed E-state index contributed by atoms with van der Waals surface area (Å²) in [5, 5.41) is 17.3. The third-order valence-corrected chi connectivity index (χ3v) is 2.95. The number of carbonyl (C=O) groups is 1. The van der Waals surface area contributed by atoms with Gasteiger partial charge in [0, 0.05) is 18.4 Å². The van der Waals surface area contributed by atoms with Crippen molar-refractivity contribution in [3.63, 3.8) is 0 Å². The summed E-state index contributed by atoms with van der Waals surface area (Å²) in [6, 6.07) is 1.91. The van der Waals surface area contributed by atoms with Gasteiger partial charge in [-0.2, -0.15) is 5.21 Å². The number of nitrogens with one attached hydrogen (secondary N) is 1. The third-order valence-electron chi connectivity index (χ3n) is 2.95.